The van der Waals surface area contributed by atoms with Crippen LogP contribution in [0, 0.1) is 0 Å². The largest absolute Gasteiger partial charge is 0.481 e. The molecule has 1 saturated heterocycles. The van der Waals surface area contributed by atoms with Crippen LogP contribution in [-0.2, 0) is 9.53 Å². The molecule has 1 atom stereocenters. The monoisotopic (exact) mass is 299 g/mol. The number of halogens is 1. The summed E-state index contributed by atoms with van der Waals surface area (Å²) in [4.78, 5) is 12.9. The number of hydrogen-bond acceptors (Lipinski definition) is 3. The van der Waals surface area contributed by atoms with Crippen molar-refractivity contribution in [2.45, 2.75) is 12.5 Å². The van der Waals surface area contributed by atoms with Crippen molar-refractivity contribution in [1.82, 2.24) is 0 Å². The maximum Gasteiger partial charge on any atom is 0.305 e. The molecule has 0 bridgehead atoms. The summed E-state index contributed by atoms with van der Waals surface area (Å²) in [5.74, 6) is -0.791. The van der Waals surface area contributed by atoms with Gasteiger partial charge in [0.1, 0.15) is 0 Å². The first kappa shape index (κ1) is 12.4. The molecule has 4 nitrogen and oxygen atoms in total. The van der Waals surface area contributed by atoms with Crippen LogP contribution in [-0.4, -0.2) is 36.9 Å². The number of aliphatic carboxylic acids is 1. The zero-order valence-corrected chi connectivity index (χ0v) is 10.9. The Morgan fingerprint density at radius 3 is 3.12 bits per heavy atom. The standard InChI is InChI=1S/C12H14BrNO3/c13-9-2-1-3-10(6-9)14-4-5-17-8-11(14)7-12(15)16/h1-3,6,11H,4-5,7-8H2,(H,15,16). The number of carboxylic acids is 1. The smallest absolute Gasteiger partial charge is 0.305 e. The molecular weight excluding hydrogens is 286 g/mol. The zero-order valence-electron chi connectivity index (χ0n) is 9.30. The molecule has 2 rings (SSSR count). The third-order valence-electron chi connectivity index (χ3n) is 2.78. The topological polar surface area (TPSA) is 49.8 Å². The minimum atomic E-state index is -0.791. The Bertz CT molecular complexity index is 410. The average molecular weight is 300 g/mol. The van der Waals surface area contributed by atoms with E-state index in [0.717, 1.165) is 16.7 Å². The number of rotatable bonds is 3. The van der Waals surface area contributed by atoms with Crippen LogP contribution in [0.4, 0.5) is 5.69 Å². The summed E-state index contributed by atoms with van der Waals surface area (Å²) in [5, 5.41) is 8.89. The fraction of sp³-hybridized carbons (Fsp3) is 0.417. The lowest BCUT2D eigenvalue weighted by molar-refractivity contribution is -0.138. The molecule has 0 aromatic heterocycles. The Hall–Kier alpha value is -1.07. The van der Waals surface area contributed by atoms with Crippen LogP contribution in [0.3, 0.4) is 0 Å². The second kappa shape index (κ2) is 5.51. The van der Waals surface area contributed by atoms with E-state index in [4.69, 9.17) is 9.84 Å². The maximum atomic E-state index is 10.8. The Kier molecular flexibility index (Phi) is 4.02. The summed E-state index contributed by atoms with van der Waals surface area (Å²) in [6.45, 7) is 1.84. The SMILES string of the molecule is O=C(O)CC1COCCN1c1cccc(Br)c1. The van der Waals surface area contributed by atoms with E-state index in [2.05, 4.69) is 20.8 Å². The van der Waals surface area contributed by atoms with Gasteiger partial charge < -0.3 is 14.7 Å². The summed E-state index contributed by atoms with van der Waals surface area (Å²) < 4.78 is 6.34. The van der Waals surface area contributed by atoms with Gasteiger partial charge in [-0.3, -0.25) is 4.79 Å². The summed E-state index contributed by atoms with van der Waals surface area (Å²) >= 11 is 3.43. The van der Waals surface area contributed by atoms with Crippen molar-refractivity contribution in [2.75, 3.05) is 24.7 Å². The molecule has 17 heavy (non-hydrogen) atoms. The molecule has 0 radical (unpaired) electrons. The van der Waals surface area contributed by atoms with Crippen molar-refractivity contribution >= 4 is 27.6 Å². The normalized spacial score (nSPS) is 20.3. The summed E-state index contributed by atoms with van der Waals surface area (Å²) in [7, 11) is 0. The lowest BCUT2D eigenvalue weighted by atomic mass is 10.1. The molecule has 1 aliphatic heterocycles. The van der Waals surface area contributed by atoms with E-state index in [0.29, 0.717) is 13.2 Å². The Morgan fingerprint density at radius 1 is 1.59 bits per heavy atom. The zero-order chi connectivity index (χ0) is 12.3. The van der Waals surface area contributed by atoms with Gasteiger partial charge in [-0.15, -0.1) is 0 Å². The van der Waals surface area contributed by atoms with Crippen LogP contribution in [0.5, 0.6) is 0 Å². The predicted octanol–water partition coefficient (Wildman–Crippen LogP) is 2.13. The van der Waals surface area contributed by atoms with Crippen LogP contribution in [0.1, 0.15) is 6.42 Å². The molecule has 1 aromatic carbocycles. The Balaban J connectivity index is 2.18. The molecule has 0 aliphatic carbocycles. The van der Waals surface area contributed by atoms with Crippen molar-refractivity contribution in [1.29, 1.82) is 0 Å². The number of benzene rings is 1. The molecule has 0 spiro atoms. The van der Waals surface area contributed by atoms with Gasteiger partial charge in [0, 0.05) is 16.7 Å². The first-order valence-corrected chi connectivity index (χ1v) is 6.28. The number of carboxylic acid groups (broad SMARTS) is 1. The Morgan fingerprint density at radius 2 is 2.41 bits per heavy atom. The average Bonchev–Trinajstić information content (AvgIpc) is 2.29. The second-order valence-corrected chi connectivity index (χ2v) is 4.92. The molecule has 1 heterocycles. The van der Waals surface area contributed by atoms with Crippen molar-refractivity contribution in [3.8, 4) is 0 Å². The number of morpholine rings is 1. The number of nitrogens with zero attached hydrogens (tertiary/aromatic N) is 1. The van der Waals surface area contributed by atoms with Gasteiger partial charge in [-0.2, -0.15) is 0 Å². The third kappa shape index (κ3) is 3.20. The minimum Gasteiger partial charge on any atom is -0.481 e. The van der Waals surface area contributed by atoms with Gasteiger partial charge >= 0.3 is 5.97 Å². The van der Waals surface area contributed by atoms with E-state index >= 15 is 0 Å². The van der Waals surface area contributed by atoms with Gasteiger partial charge in [-0.25, -0.2) is 0 Å². The summed E-state index contributed by atoms with van der Waals surface area (Å²) in [6.07, 6.45) is 0.104. The van der Waals surface area contributed by atoms with Gasteiger partial charge in [-0.05, 0) is 18.2 Å². The molecule has 1 fully saturated rings. The fourth-order valence-corrected chi connectivity index (χ4v) is 2.41. The van der Waals surface area contributed by atoms with Crippen molar-refractivity contribution < 1.29 is 14.6 Å². The molecule has 1 N–H and O–H groups in total. The van der Waals surface area contributed by atoms with Gasteiger partial charge in [0.2, 0.25) is 0 Å². The maximum absolute atomic E-state index is 10.8. The molecule has 1 aliphatic rings. The highest BCUT2D eigenvalue weighted by Gasteiger charge is 2.25. The number of ether oxygens (including phenoxy) is 1. The lowest BCUT2D eigenvalue weighted by Gasteiger charge is -2.36. The highest BCUT2D eigenvalue weighted by molar-refractivity contribution is 9.10. The minimum absolute atomic E-state index is 0.0875. The molecule has 0 amide bonds. The molecule has 0 saturated carbocycles. The van der Waals surface area contributed by atoms with Crippen molar-refractivity contribution in [2.24, 2.45) is 0 Å². The van der Waals surface area contributed by atoms with E-state index < -0.39 is 5.97 Å². The molecule has 1 aromatic rings. The molecular formula is C12H14BrNO3. The van der Waals surface area contributed by atoms with Crippen molar-refractivity contribution in [3.05, 3.63) is 28.7 Å². The van der Waals surface area contributed by atoms with Gasteiger partial charge in [0.05, 0.1) is 25.7 Å². The number of anilines is 1. The second-order valence-electron chi connectivity index (χ2n) is 4.00. The van der Waals surface area contributed by atoms with Crippen LogP contribution >= 0.6 is 15.9 Å². The van der Waals surface area contributed by atoms with Crippen LogP contribution in [0.15, 0.2) is 28.7 Å². The van der Waals surface area contributed by atoms with E-state index in [9.17, 15) is 4.79 Å². The number of hydrogen-bond donors (Lipinski definition) is 1. The Labute approximate surface area is 108 Å². The van der Waals surface area contributed by atoms with Crippen LogP contribution in [0.2, 0.25) is 0 Å². The van der Waals surface area contributed by atoms with E-state index in [-0.39, 0.29) is 12.5 Å². The van der Waals surface area contributed by atoms with Crippen LogP contribution < -0.4 is 4.90 Å². The van der Waals surface area contributed by atoms with Gasteiger partial charge in [0.25, 0.3) is 0 Å². The molecule has 5 heteroatoms. The first-order chi connectivity index (χ1) is 8.16. The highest BCUT2D eigenvalue weighted by Crippen LogP contribution is 2.24. The van der Waals surface area contributed by atoms with E-state index in [1.54, 1.807) is 0 Å². The quantitative estimate of drug-likeness (QED) is 0.929. The summed E-state index contributed by atoms with van der Waals surface area (Å²) in [5.41, 5.74) is 1.04. The fourth-order valence-electron chi connectivity index (χ4n) is 2.02. The molecule has 1 unspecified atom stereocenters. The van der Waals surface area contributed by atoms with E-state index in [1.807, 2.05) is 24.3 Å². The van der Waals surface area contributed by atoms with Gasteiger partial charge in [-0.1, -0.05) is 22.0 Å². The predicted molar refractivity (Wildman–Crippen MR) is 68.3 cm³/mol. The van der Waals surface area contributed by atoms with Crippen LogP contribution in [0.25, 0.3) is 0 Å². The first-order valence-electron chi connectivity index (χ1n) is 5.48. The van der Waals surface area contributed by atoms with E-state index in [1.165, 1.54) is 0 Å². The van der Waals surface area contributed by atoms with Crippen molar-refractivity contribution in [3.63, 3.8) is 0 Å². The summed E-state index contributed by atoms with van der Waals surface area (Å²) in [6, 6.07) is 7.81. The third-order valence-corrected chi connectivity index (χ3v) is 3.27. The number of carbonyl (C=O) groups is 1. The highest BCUT2D eigenvalue weighted by atomic mass is 79.9. The molecule has 92 valence electrons. The van der Waals surface area contributed by atoms with Gasteiger partial charge in [0.15, 0.2) is 0 Å². The lowest BCUT2D eigenvalue weighted by Crippen LogP contribution is -2.46.